The lowest BCUT2D eigenvalue weighted by Gasteiger charge is -2.21. The van der Waals surface area contributed by atoms with Crippen molar-refractivity contribution in [3.05, 3.63) is 34.6 Å². The highest BCUT2D eigenvalue weighted by molar-refractivity contribution is 6.30. The summed E-state index contributed by atoms with van der Waals surface area (Å²) in [5.74, 6) is -3.29. The van der Waals surface area contributed by atoms with E-state index in [1.165, 1.54) is 13.2 Å². The first-order chi connectivity index (χ1) is 11.3. The van der Waals surface area contributed by atoms with Crippen LogP contribution in [0.3, 0.4) is 0 Å². The van der Waals surface area contributed by atoms with Gasteiger partial charge in [-0.25, -0.2) is 14.0 Å². The lowest BCUT2D eigenvalue weighted by Crippen LogP contribution is -2.47. The molecule has 0 heterocycles. The van der Waals surface area contributed by atoms with Crippen molar-refractivity contribution in [2.75, 3.05) is 13.7 Å². The van der Waals surface area contributed by atoms with Crippen LogP contribution in [0, 0.1) is 11.7 Å². The minimum absolute atomic E-state index is 0.135. The maximum Gasteiger partial charge on any atom is 0.341 e. The van der Waals surface area contributed by atoms with Gasteiger partial charge in [0.1, 0.15) is 11.9 Å². The molecule has 0 fully saturated rings. The predicted octanol–water partition coefficient (Wildman–Crippen LogP) is 2.34. The SMILES string of the molecule is CCC(C)C(NC(=O)COC(=O)c1ccc(Cl)cc1F)C(=O)OC. The quantitative estimate of drug-likeness (QED) is 0.756. The van der Waals surface area contributed by atoms with Gasteiger partial charge in [-0.1, -0.05) is 31.9 Å². The molecule has 2 atom stereocenters. The van der Waals surface area contributed by atoms with Crippen molar-refractivity contribution < 1.29 is 28.2 Å². The first-order valence-electron chi connectivity index (χ1n) is 7.29. The Morgan fingerprint density at radius 3 is 2.54 bits per heavy atom. The standard InChI is InChI=1S/C16H19ClFNO5/c1-4-9(2)14(16(22)23-3)19-13(20)8-24-15(21)11-6-5-10(17)7-12(11)18/h5-7,9,14H,4,8H2,1-3H3,(H,19,20). The first kappa shape index (κ1) is 19.9. The van der Waals surface area contributed by atoms with Gasteiger partial charge in [0, 0.05) is 5.02 Å². The van der Waals surface area contributed by atoms with E-state index in [4.69, 9.17) is 16.3 Å². The van der Waals surface area contributed by atoms with Gasteiger partial charge in [-0.05, 0) is 24.1 Å². The number of ether oxygens (including phenoxy) is 2. The summed E-state index contributed by atoms with van der Waals surface area (Å²) in [5, 5.41) is 2.58. The maximum atomic E-state index is 13.6. The lowest BCUT2D eigenvalue weighted by atomic mass is 9.99. The molecule has 1 rings (SSSR count). The van der Waals surface area contributed by atoms with E-state index in [1.54, 1.807) is 6.92 Å². The number of halogens is 2. The average Bonchev–Trinajstić information content (AvgIpc) is 2.56. The molecule has 1 aromatic rings. The normalized spacial score (nSPS) is 12.9. The molecule has 6 nitrogen and oxygen atoms in total. The molecule has 24 heavy (non-hydrogen) atoms. The van der Waals surface area contributed by atoms with Crippen molar-refractivity contribution in [2.24, 2.45) is 5.92 Å². The number of methoxy groups -OCH3 is 1. The van der Waals surface area contributed by atoms with Crippen LogP contribution in [0.25, 0.3) is 0 Å². The van der Waals surface area contributed by atoms with Gasteiger partial charge in [0.05, 0.1) is 12.7 Å². The van der Waals surface area contributed by atoms with Gasteiger partial charge < -0.3 is 14.8 Å². The summed E-state index contributed by atoms with van der Waals surface area (Å²) in [6, 6.07) is 2.61. The summed E-state index contributed by atoms with van der Waals surface area (Å²) in [6.45, 7) is 2.98. The third-order valence-corrected chi connectivity index (χ3v) is 3.71. The number of amides is 1. The molecule has 1 N–H and O–H groups in total. The molecule has 2 unspecified atom stereocenters. The molecule has 0 aliphatic heterocycles. The summed E-state index contributed by atoms with van der Waals surface area (Å²) >= 11 is 5.59. The Bertz CT molecular complexity index is 622. The Balaban J connectivity index is 2.64. The van der Waals surface area contributed by atoms with Crippen LogP contribution in [0.5, 0.6) is 0 Å². The minimum atomic E-state index is -1.00. The molecule has 0 aliphatic rings. The predicted molar refractivity (Wildman–Crippen MR) is 85.1 cm³/mol. The molecule has 132 valence electrons. The molecule has 8 heteroatoms. The third kappa shape index (κ3) is 5.49. The van der Waals surface area contributed by atoms with E-state index in [0.29, 0.717) is 6.42 Å². The molecular formula is C16H19ClFNO5. The highest BCUT2D eigenvalue weighted by atomic mass is 35.5. The lowest BCUT2D eigenvalue weighted by molar-refractivity contribution is -0.147. The summed E-state index contributed by atoms with van der Waals surface area (Å²) in [7, 11) is 1.22. The molecule has 0 spiro atoms. The molecule has 0 saturated heterocycles. The minimum Gasteiger partial charge on any atom is -0.467 e. The van der Waals surface area contributed by atoms with E-state index >= 15 is 0 Å². The van der Waals surface area contributed by atoms with Crippen LogP contribution in [0.15, 0.2) is 18.2 Å². The largest absolute Gasteiger partial charge is 0.467 e. The Labute approximate surface area is 144 Å². The van der Waals surface area contributed by atoms with Crippen LogP contribution in [0.1, 0.15) is 30.6 Å². The van der Waals surface area contributed by atoms with Crippen molar-refractivity contribution in [3.63, 3.8) is 0 Å². The Kier molecular flexibility index (Phi) is 7.64. The Morgan fingerprint density at radius 1 is 1.33 bits per heavy atom. The Hall–Kier alpha value is -2.15. The zero-order valence-electron chi connectivity index (χ0n) is 13.6. The summed E-state index contributed by atoms with van der Waals surface area (Å²) in [5.41, 5.74) is -0.335. The highest BCUT2D eigenvalue weighted by Crippen LogP contribution is 2.15. The van der Waals surface area contributed by atoms with Crippen LogP contribution in [-0.2, 0) is 19.1 Å². The van der Waals surface area contributed by atoms with Crippen molar-refractivity contribution in [1.29, 1.82) is 0 Å². The maximum absolute atomic E-state index is 13.6. The number of esters is 2. The topological polar surface area (TPSA) is 81.7 Å². The second-order valence-electron chi connectivity index (χ2n) is 5.15. The number of nitrogens with one attached hydrogen (secondary N) is 1. The molecule has 0 aliphatic carbocycles. The van der Waals surface area contributed by atoms with Gasteiger partial charge in [-0.2, -0.15) is 0 Å². The van der Waals surface area contributed by atoms with Crippen molar-refractivity contribution in [3.8, 4) is 0 Å². The van der Waals surface area contributed by atoms with Crippen LogP contribution in [0.2, 0.25) is 5.02 Å². The molecular weight excluding hydrogens is 341 g/mol. The fourth-order valence-corrected chi connectivity index (χ4v) is 2.03. The smallest absolute Gasteiger partial charge is 0.341 e. The fraction of sp³-hybridized carbons (Fsp3) is 0.438. The first-order valence-corrected chi connectivity index (χ1v) is 7.67. The summed E-state index contributed by atoms with van der Waals surface area (Å²) in [4.78, 5) is 35.3. The van der Waals surface area contributed by atoms with E-state index in [1.807, 2.05) is 6.92 Å². The number of carbonyl (C=O) groups excluding carboxylic acids is 3. The average molecular weight is 360 g/mol. The van der Waals surface area contributed by atoms with Gasteiger partial charge in [-0.15, -0.1) is 0 Å². The Morgan fingerprint density at radius 2 is 2.00 bits per heavy atom. The van der Waals surface area contributed by atoms with Gasteiger partial charge in [-0.3, -0.25) is 4.79 Å². The number of hydrogen-bond acceptors (Lipinski definition) is 5. The van der Waals surface area contributed by atoms with Crippen molar-refractivity contribution in [2.45, 2.75) is 26.3 Å². The van der Waals surface area contributed by atoms with E-state index in [-0.39, 0.29) is 16.5 Å². The molecule has 0 bridgehead atoms. The number of rotatable bonds is 7. The van der Waals surface area contributed by atoms with Gasteiger partial charge in [0.15, 0.2) is 6.61 Å². The summed E-state index contributed by atoms with van der Waals surface area (Å²) < 4.78 is 23.0. The number of carbonyl (C=O) groups is 3. The second kappa shape index (κ2) is 9.22. The molecule has 1 amide bonds. The number of benzene rings is 1. The van der Waals surface area contributed by atoms with E-state index < -0.39 is 36.3 Å². The van der Waals surface area contributed by atoms with Crippen LogP contribution >= 0.6 is 11.6 Å². The molecule has 1 aromatic carbocycles. The van der Waals surface area contributed by atoms with Crippen molar-refractivity contribution >= 4 is 29.4 Å². The van der Waals surface area contributed by atoms with Crippen LogP contribution in [-0.4, -0.2) is 37.6 Å². The van der Waals surface area contributed by atoms with Crippen LogP contribution < -0.4 is 5.32 Å². The molecule has 0 aromatic heterocycles. The fourth-order valence-electron chi connectivity index (χ4n) is 1.88. The zero-order valence-corrected chi connectivity index (χ0v) is 14.4. The molecule has 0 saturated carbocycles. The van der Waals surface area contributed by atoms with Gasteiger partial charge in [0.25, 0.3) is 5.91 Å². The van der Waals surface area contributed by atoms with Crippen molar-refractivity contribution in [1.82, 2.24) is 5.32 Å². The van der Waals surface area contributed by atoms with E-state index in [9.17, 15) is 18.8 Å². The van der Waals surface area contributed by atoms with Gasteiger partial charge >= 0.3 is 11.9 Å². The zero-order chi connectivity index (χ0) is 18.3. The van der Waals surface area contributed by atoms with Crippen LogP contribution in [0.4, 0.5) is 4.39 Å². The number of hydrogen-bond donors (Lipinski definition) is 1. The van der Waals surface area contributed by atoms with E-state index in [2.05, 4.69) is 10.1 Å². The monoisotopic (exact) mass is 359 g/mol. The van der Waals surface area contributed by atoms with Gasteiger partial charge in [0.2, 0.25) is 0 Å². The highest BCUT2D eigenvalue weighted by Gasteiger charge is 2.27. The van der Waals surface area contributed by atoms with E-state index in [0.717, 1.165) is 12.1 Å². The summed E-state index contributed by atoms with van der Waals surface area (Å²) in [6.07, 6.45) is 0.635. The second-order valence-corrected chi connectivity index (χ2v) is 5.59. The molecule has 0 radical (unpaired) electrons. The third-order valence-electron chi connectivity index (χ3n) is 3.47.